The summed E-state index contributed by atoms with van der Waals surface area (Å²) < 4.78 is 58.6. The quantitative estimate of drug-likeness (QED) is 0.0375. The Labute approximate surface area is 386 Å². The first-order chi connectivity index (χ1) is 31.9. The molecule has 7 rings (SSSR count). The number of fused-ring (bicyclic) bond motifs is 2. The number of nitro benzene ring substituents is 1. The summed E-state index contributed by atoms with van der Waals surface area (Å²) >= 11 is 0. The second-order valence-electron chi connectivity index (χ2n) is 17.4. The highest BCUT2D eigenvalue weighted by Crippen LogP contribution is 2.62. The van der Waals surface area contributed by atoms with Crippen LogP contribution in [0.3, 0.4) is 0 Å². The van der Waals surface area contributed by atoms with Crippen LogP contribution < -0.4 is 14.8 Å². The highest BCUT2D eigenvalue weighted by atomic mass is 32.2. The van der Waals surface area contributed by atoms with Crippen molar-refractivity contribution in [2.75, 3.05) is 38.3 Å². The molecule has 1 amide bonds. The highest BCUT2D eigenvalue weighted by Gasteiger charge is 2.66. The Bertz CT molecular complexity index is 2350. The number of aliphatic hydroxyl groups is 2. The smallest absolute Gasteiger partial charge is 0.273 e. The van der Waals surface area contributed by atoms with Crippen molar-refractivity contribution in [3.8, 4) is 17.2 Å². The average Bonchev–Trinajstić information content (AvgIpc) is 3.31. The predicted octanol–water partition coefficient (Wildman–Crippen LogP) is 8.61. The minimum Gasteiger partial charge on any atom is -0.460 e. The molecule has 16 nitrogen and oxygen atoms in total. The Balaban J connectivity index is 1.46. The van der Waals surface area contributed by atoms with E-state index in [9.17, 15) is 25.1 Å². The van der Waals surface area contributed by atoms with Gasteiger partial charge in [0.2, 0.25) is 28.0 Å². The van der Waals surface area contributed by atoms with Gasteiger partial charge in [0.1, 0.15) is 17.2 Å². The third-order valence-electron chi connectivity index (χ3n) is 12.9. The molecular formula is C49H62N4O12S. The van der Waals surface area contributed by atoms with Gasteiger partial charge in [-0.25, -0.2) is 8.42 Å². The molecule has 4 aliphatic rings. The maximum Gasteiger partial charge on any atom is 0.273 e. The molecule has 7 unspecified atom stereocenters. The number of nitro groups is 1. The molecule has 2 fully saturated rings. The van der Waals surface area contributed by atoms with Crippen molar-refractivity contribution >= 4 is 33.0 Å². The van der Waals surface area contributed by atoms with Gasteiger partial charge in [0, 0.05) is 62.8 Å². The number of sulfonamides is 1. The number of non-ortho nitro benzene ring substituents is 1. The number of ether oxygens (including phenoxy) is 4. The van der Waals surface area contributed by atoms with Crippen LogP contribution in [0.1, 0.15) is 96.0 Å². The number of hydrogen-bond acceptors (Lipinski definition) is 13. The van der Waals surface area contributed by atoms with Gasteiger partial charge in [-0.2, -0.15) is 4.31 Å². The molecule has 7 atom stereocenters. The number of amides is 1. The van der Waals surface area contributed by atoms with Gasteiger partial charge in [0.05, 0.1) is 46.8 Å². The zero-order valence-corrected chi connectivity index (χ0v) is 38.5. The van der Waals surface area contributed by atoms with Gasteiger partial charge in [0.15, 0.2) is 0 Å². The molecule has 0 bridgehead atoms. The molecule has 1 saturated carbocycles. The van der Waals surface area contributed by atoms with Crippen molar-refractivity contribution < 1.29 is 52.1 Å². The summed E-state index contributed by atoms with van der Waals surface area (Å²) in [6, 6.07) is 16.4. The Hall–Kier alpha value is -5.17. The van der Waals surface area contributed by atoms with Crippen LogP contribution in [0.4, 0.5) is 11.4 Å². The van der Waals surface area contributed by atoms with Crippen LogP contribution in [0.5, 0.6) is 17.2 Å². The third-order valence-corrected chi connectivity index (χ3v) is 14.8. The van der Waals surface area contributed by atoms with Gasteiger partial charge in [-0.15, -0.1) is 6.58 Å². The first-order valence-corrected chi connectivity index (χ1v) is 24.6. The number of carbonyl (C=O) groups excluding carboxylic acids is 1. The summed E-state index contributed by atoms with van der Waals surface area (Å²) in [6.07, 6.45) is 10.2. The number of rotatable bonds is 22. The summed E-state index contributed by atoms with van der Waals surface area (Å²) in [5.41, 5.74) is 2.45. The van der Waals surface area contributed by atoms with E-state index in [1.54, 1.807) is 42.5 Å². The second-order valence-corrected chi connectivity index (χ2v) is 19.2. The number of allylic oxidation sites excluding steroid dienone is 1. The molecule has 17 heteroatoms. The number of aliphatic hydroxyl groups excluding tert-OH is 2. The fourth-order valence-corrected chi connectivity index (χ4v) is 11.8. The van der Waals surface area contributed by atoms with Crippen molar-refractivity contribution in [3.63, 3.8) is 0 Å². The summed E-state index contributed by atoms with van der Waals surface area (Å²) in [7, 11) is -4.31. The summed E-state index contributed by atoms with van der Waals surface area (Å²) in [4.78, 5) is 29.3. The van der Waals surface area contributed by atoms with E-state index in [-0.39, 0.29) is 66.9 Å². The monoisotopic (exact) mass is 930 g/mol. The van der Waals surface area contributed by atoms with E-state index in [0.29, 0.717) is 68.0 Å². The Morgan fingerprint density at radius 3 is 2.48 bits per heavy atom. The number of oxime groups is 1. The highest BCUT2D eigenvalue weighted by molar-refractivity contribution is 7.89. The first-order valence-electron chi connectivity index (χ1n) is 23.1. The van der Waals surface area contributed by atoms with Gasteiger partial charge in [-0.05, 0) is 111 Å². The maximum atomic E-state index is 15.3. The van der Waals surface area contributed by atoms with E-state index in [1.165, 1.54) is 35.5 Å². The molecule has 0 radical (unpaired) electrons. The lowest BCUT2D eigenvalue weighted by Crippen LogP contribution is -2.70. The first kappa shape index (κ1) is 48.8. The van der Waals surface area contributed by atoms with E-state index < -0.39 is 44.9 Å². The van der Waals surface area contributed by atoms with Gasteiger partial charge in [0.25, 0.3) is 5.69 Å². The van der Waals surface area contributed by atoms with E-state index >= 15 is 8.42 Å². The van der Waals surface area contributed by atoms with E-state index in [2.05, 4.69) is 18.0 Å². The minimum atomic E-state index is -4.31. The van der Waals surface area contributed by atoms with Crippen LogP contribution in [-0.2, 0) is 29.1 Å². The molecule has 2 aliphatic heterocycles. The van der Waals surface area contributed by atoms with Crippen LogP contribution in [0.25, 0.3) is 0 Å². The zero-order chi connectivity index (χ0) is 46.8. The molecular weight excluding hydrogens is 869 g/mol. The number of nitrogens with one attached hydrogen (secondary N) is 1. The minimum absolute atomic E-state index is 0.00966. The second kappa shape index (κ2) is 22.1. The topological polar surface area (TPSA) is 209 Å². The van der Waals surface area contributed by atoms with Crippen molar-refractivity contribution in [2.24, 2.45) is 22.9 Å². The van der Waals surface area contributed by atoms with Gasteiger partial charge >= 0.3 is 0 Å². The average molecular weight is 931 g/mol. The van der Waals surface area contributed by atoms with Crippen molar-refractivity contribution in [1.29, 1.82) is 0 Å². The molecule has 2 heterocycles. The van der Waals surface area contributed by atoms with Crippen LogP contribution in [-0.4, -0.2) is 90.6 Å². The number of carbonyl (C=O) groups is 1. The maximum absolute atomic E-state index is 15.3. The number of nitrogens with zero attached hydrogens (tertiary/aromatic N) is 3. The number of hydrogen-bond donors (Lipinski definition) is 3. The summed E-state index contributed by atoms with van der Waals surface area (Å²) in [5, 5.41) is 39.2. The van der Waals surface area contributed by atoms with Gasteiger partial charge < -0.3 is 39.3 Å². The van der Waals surface area contributed by atoms with Crippen molar-refractivity contribution in [1.82, 2.24) is 4.31 Å². The van der Waals surface area contributed by atoms with E-state index in [4.69, 9.17) is 28.9 Å². The Morgan fingerprint density at radius 1 is 1.05 bits per heavy atom. The Kier molecular flexibility index (Phi) is 16.3. The van der Waals surface area contributed by atoms with Crippen LogP contribution in [0, 0.1) is 27.9 Å². The zero-order valence-electron chi connectivity index (χ0n) is 37.7. The predicted molar refractivity (Wildman–Crippen MR) is 248 cm³/mol. The SMILES string of the molecule is C=CCOC12Oc3ccc(Oc4cccc([N+](=O)[O-])c4)cc3C3C(CCCCO)C(CCCCO)C=C(C(=NOC4CCCCO4)CC1N(CCC)S(=O)(=O)c1ccc(NC(C)=O)cc1)C32. The number of benzene rings is 3. The van der Waals surface area contributed by atoms with Crippen molar-refractivity contribution in [2.45, 2.75) is 113 Å². The lowest BCUT2D eigenvalue weighted by atomic mass is 9.55. The normalized spacial score (nSPS) is 25.2. The van der Waals surface area contributed by atoms with Crippen LogP contribution in [0.2, 0.25) is 0 Å². The molecule has 3 aromatic rings. The lowest BCUT2D eigenvalue weighted by molar-refractivity contribution is -0.384. The molecule has 3 N–H and O–H groups in total. The fraction of sp³-hybridized carbons (Fsp3) is 0.510. The number of unbranched alkanes of at least 4 members (excludes halogenated alkanes) is 2. The molecule has 3 aromatic carbocycles. The molecule has 0 aromatic heterocycles. The molecule has 0 spiro atoms. The summed E-state index contributed by atoms with van der Waals surface area (Å²) in [6.45, 7) is 7.96. The van der Waals surface area contributed by atoms with Crippen molar-refractivity contribution in [3.05, 3.63) is 107 Å². The summed E-state index contributed by atoms with van der Waals surface area (Å²) in [5.74, 6) is -2.06. The standard InChI is InChI=1S/C49H62N4O12S/c1-4-24-52(66(59,60)39-21-18-35(19-22-39)50-33(3)56)45-32-43(51-65-46-17-8-11-28-61-46)41-29-34(13-6-9-25-54)40(16-7-10-26-55)47-42-31-38(63-37-15-12-14-36(30-37)53(57)58)20-23-44(42)64-49(45,48(41)47)62-27-5-2/h5,12,14-15,18-23,29-31,34,40,45-48,54-55H,2,4,6-11,13,16-17,24-28,32H2,1,3H3,(H,50,56). The van der Waals surface area contributed by atoms with Crippen LogP contribution in [0.15, 0.2) is 101 Å². The van der Waals surface area contributed by atoms with E-state index in [1.807, 2.05) is 13.0 Å². The lowest BCUT2D eigenvalue weighted by Gasteiger charge is -2.59. The van der Waals surface area contributed by atoms with Gasteiger partial charge in [-0.3, -0.25) is 14.9 Å². The molecule has 1 saturated heterocycles. The third kappa shape index (κ3) is 10.7. The number of anilines is 1. The van der Waals surface area contributed by atoms with E-state index in [0.717, 1.165) is 36.8 Å². The largest absolute Gasteiger partial charge is 0.460 e. The Morgan fingerprint density at radius 2 is 1.80 bits per heavy atom. The molecule has 356 valence electrons. The molecule has 66 heavy (non-hydrogen) atoms. The molecule has 2 aliphatic carbocycles. The van der Waals surface area contributed by atoms with Gasteiger partial charge in [-0.1, -0.05) is 43.1 Å². The fourth-order valence-electron chi connectivity index (χ4n) is 10.1. The van der Waals surface area contributed by atoms with Crippen LogP contribution >= 0.6 is 0 Å².